The molecule has 0 bridgehead atoms. The van der Waals surface area contributed by atoms with Gasteiger partial charge in [-0.05, 0) is 5.92 Å². The number of aryl methyl sites for hydroxylation is 1. The Bertz CT molecular complexity index is 320. The van der Waals surface area contributed by atoms with Crippen LogP contribution in [0.5, 0.6) is 0 Å². The summed E-state index contributed by atoms with van der Waals surface area (Å²) in [6, 6.07) is -0.569. The van der Waals surface area contributed by atoms with Crippen LogP contribution in [0.2, 0.25) is 0 Å². The fraction of sp³-hybridized carbons (Fsp3) is 0.667. The quantitative estimate of drug-likeness (QED) is 0.785. The van der Waals surface area contributed by atoms with E-state index >= 15 is 0 Å². The summed E-state index contributed by atoms with van der Waals surface area (Å²) in [6.45, 7) is 5.68. The van der Waals surface area contributed by atoms with E-state index in [0.717, 1.165) is 0 Å². The molecule has 1 heterocycles. The lowest BCUT2D eigenvalue weighted by Crippen LogP contribution is -2.25. The van der Waals surface area contributed by atoms with Gasteiger partial charge >= 0.3 is 5.97 Å². The molecule has 1 rings (SSSR count). The van der Waals surface area contributed by atoms with E-state index in [-0.39, 0.29) is 5.92 Å². The van der Waals surface area contributed by atoms with Crippen LogP contribution in [0.15, 0.2) is 6.33 Å². The first kappa shape index (κ1) is 10.7. The van der Waals surface area contributed by atoms with Crippen LogP contribution >= 0.6 is 0 Å². The Morgan fingerprint density at radius 3 is 2.71 bits per heavy atom. The molecule has 5 nitrogen and oxygen atoms in total. The minimum Gasteiger partial charge on any atom is -0.480 e. The normalized spacial score (nSPS) is 13.1. The molecule has 0 saturated carbocycles. The maximum Gasteiger partial charge on any atom is 0.327 e. The fourth-order valence-corrected chi connectivity index (χ4v) is 1.48. The van der Waals surface area contributed by atoms with Gasteiger partial charge in [0.25, 0.3) is 0 Å². The molecule has 78 valence electrons. The average Bonchev–Trinajstić information content (AvgIpc) is 2.51. The predicted molar refractivity (Wildman–Crippen MR) is 50.9 cm³/mol. The third-order valence-corrected chi connectivity index (χ3v) is 2.15. The van der Waals surface area contributed by atoms with Crippen molar-refractivity contribution in [2.24, 2.45) is 5.92 Å². The molecule has 1 aromatic heterocycles. The monoisotopic (exact) mass is 197 g/mol. The van der Waals surface area contributed by atoms with E-state index in [1.807, 2.05) is 20.8 Å². The van der Waals surface area contributed by atoms with E-state index in [2.05, 4.69) is 10.2 Å². The third-order valence-electron chi connectivity index (χ3n) is 2.15. The molecule has 0 amide bonds. The summed E-state index contributed by atoms with van der Waals surface area (Å²) in [7, 11) is 0. The van der Waals surface area contributed by atoms with Gasteiger partial charge in [0, 0.05) is 6.42 Å². The van der Waals surface area contributed by atoms with Crippen LogP contribution in [0, 0.1) is 5.92 Å². The van der Waals surface area contributed by atoms with Crippen LogP contribution in [0.25, 0.3) is 0 Å². The lowest BCUT2D eigenvalue weighted by molar-refractivity contribution is -0.142. The van der Waals surface area contributed by atoms with Gasteiger partial charge in [0.1, 0.15) is 18.2 Å². The molecule has 14 heavy (non-hydrogen) atoms. The highest BCUT2D eigenvalue weighted by Crippen LogP contribution is 2.19. The summed E-state index contributed by atoms with van der Waals surface area (Å²) in [5.41, 5.74) is 0. The molecule has 1 aromatic rings. The van der Waals surface area contributed by atoms with Crippen LogP contribution in [0.3, 0.4) is 0 Å². The average molecular weight is 197 g/mol. The Morgan fingerprint density at radius 2 is 2.29 bits per heavy atom. The zero-order chi connectivity index (χ0) is 10.7. The molecule has 1 unspecified atom stereocenters. The topological polar surface area (TPSA) is 68.0 Å². The number of carbonyl (C=O) groups is 1. The van der Waals surface area contributed by atoms with E-state index in [1.165, 1.54) is 6.33 Å². The largest absolute Gasteiger partial charge is 0.480 e. The molecule has 0 radical (unpaired) electrons. The van der Waals surface area contributed by atoms with Crippen molar-refractivity contribution in [3.05, 3.63) is 12.2 Å². The van der Waals surface area contributed by atoms with Crippen LogP contribution in [-0.4, -0.2) is 25.8 Å². The van der Waals surface area contributed by atoms with Gasteiger partial charge in [-0.3, -0.25) is 0 Å². The Kier molecular flexibility index (Phi) is 3.22. The molecular weight excluding hydrogens is 182 g/mol. The summed E-state index contributed by atoms with van der Waals surface area (Å²) in [6.07, 6.45) is 2.17. The Balaban J connectivity index is 3.04. The summed E-state index contributed by atoms with van der Waals surface area (Å²) in [4.78, 5) is 11.0. The first-order chi connectivity index (χ1) is 6.57. The van der Waals surface area contributed by atoms with Crippen LogP contribution < -0.4 is 0 Å². The Labute approximate surface area is 82.8 Å². The van der Waals surface area contributed by atoms with Gasteiger partial charge in [0.2, 0.25) is 0 Å². The minimum absolute atomic E-state index is 0.0220. The zero-order valence-corrected chi connectivity index (χ0v) is 8.64. The van der Waals surface area contributed by atoms with Crippen molar-refractivity contribution in [2.45, 2.75) is 33.2 Å². The lowest BCUT2D eigenvalue weighted by atomic mass is 10.0. The van der Waals surface area contributed by atoms with Gasteiger partial charge in [0.15, 0.2) is 0 Å². The molecule has 0 aliphatic carbocycles. The van der Waals surface area contributed by atoms with E-state index < -0.39 is 12.0 Å². The molecule has 5 heteroatoms. The highest BCUT2D eigenvalue weighted by atomic mass is 16.4. The molecule has 0 saturated heterocycles. The maximum atomic E-state index is 11.0. The van der Waals surface area contributed by atoms with E-state index in [4.69, 9.17) is 5.11 Å². The molecule has 0 aliphatic rings. The summed E-state index contributed by atoms with van der Waals surface area (Å²) in [5.74, 6) is -0.102. The van der Waals surface area contributed by atoms with Gasteiger partial charge in [-0.1, -0.05) is 20.8 Å². The highest BCUT2D eigenvalue weighted by molar-refractivity contribution is 5.72. The molecular formula is C9H15N3O2. The molecule has 1 atom stereocenters. The molecule has 0 aliphatic heterocycles. The van der Waals surface area contributed by atoms with Crippen LogP contribution in [0.4, 0.5) is 0 Å². The van der Waals surface area contributed by atoms with Crippen molar-refractivity contribution < 1.29 is 9.90 Å². The van der Waals surface area contributed by atoms with Crippen molar-refractivity contribution in [3.63, 3.8) is 0 Å². The molecule has 0 aromatic carbocycles. The number of aliphatic carboxylic acids is 1. The number of hydrogen-bond acceptors (Lipinski definition) is 3. The lowest BCUT2D eigenvalue weighted by Gasteiger charge is -2.18. The van der Waals surface area contributed by atoms with Gasteiger partial charge in [-0.15, -0.1) is 10.2 Å². The second-order valence-electron chi connectivity index (χ2n) is 3.54. The van der Waals surface area contributed by atoms with Crippen molar-refractivity contribution in [2.75, 3.05) is 0 Å². The zero-order valence-electron chi connectivity index (χ0n) is 8.64. The number of nitrogens with zero attached hydrogens (tertiary/aromatic N) is 3. The number of rotatable bonds is 4. The number of carboxylic acids is 1. The van der Waals surface area contributed by atoms with Crippen molar-refractivity contribution >= 4 is 5.97 Å². The molecule has 0 fully saturated rings. The van der Waals surface area contributed by atoms with E-state index in [9.17, 15) is 4.79 Å². The summed E-state index contributed by atoms with van der Waals surface area (Å²) >= 11 is 0. The second-order valence-corrected chi connectivity index (χ2v) is 3.54. The van der Waals surface area contributed by atoms with Gasteiger partial charge in [0.05, 0.1) is 0 Å². The Hall–Kier alpha value is -1.39. The van der Waals surface area contributed by atoms with Crippen molar-refractivity contribution in [3.8, 4) is 0 Å². The standard InChI is InChI=1S/C9H15N3O2/c1-4-7-11-10-5-12(7)8(6(2)3)9(13)14/h5-6,8H,4H2,1-3H3,(H,13,14). The number of hydrogen-bond donors (Lipinski definition) is 1. The number of aromatic nitrogens is 3. The first-order valence-corrected chi connectivity index (χ1v) is 4.69. The van der Waals surface area contributed by atoms with Gasteiger partial charge in [-0.2, -0.15) is 0 Å². The van der Waals surface area contributed by atoms with Gasteiger partial charge in [-0.25, -0.2) is 4.79 Å². The predicted octanol–water partition coefficient (Wildman–Crippen LogP) is 1.12. The molecule has 1 N–H and O–H groups in total. The summed E-state index contributed by atoms with van der Waals surface area (Å²) < 4.78 is 1.63. The van der Waals surface area contributed by atoms with Gasteiger partial charge < -0.3 is 9.67 Å². The summed E-state index contributed by atoms with van der Waals surface area (Å²) in [5, 5.41) is 16.7. The molecule has 0 spiro atoms. The van der Waals surface area contributed by atoms with Crippen molar-refractivity contribution in [1.29, 1.82) is 0 Å². The SMILES string of the molecule is CCc1nncn1C(C(=O)O)C(C)C. The van der Waals surface area contributed by atoms with Crippen LogP contribution in [-0.2, 0) is 11.2 Å². The highest BCUT2D eigenvalue weighted by Gasteiger charge is 2.25. The fourth-order valence-electron chi connectivity index (χ4n) is 1.48. The smallest absolute Gasteiger partial charge is 0.327 e. The van der Waals surface area contributed by atoms with E-state index in [1.54, 1.807) is 4.57 Å². The third kappa shape index (κ3) is 1.92. The number of carboxylic acid groups (broad SMARTS) is 1. The van der Waals surface area contributed by atoms with E-state index in [0.29, 0.717) is 12.2 Å². The maximum absolute atomic E-state index is 11.0. The Morgan fingerprint density at radius 1 is 1.64 bits per heavy atom. The van der Waals surface area contributed by atoms with Crippen LogP contribution in [0.1, 0.15) is 32.6 Å². The second kappa shape index (κ2) is 4.21. The van der Waals surface area contributed by atoms with Crippen molar-refractivity contribution in [1.82, 2.24) is 14.8 Å². The minimum atomic E-state index is -0.838. The first-order valence-electron chi connectivity index (χ1n) is 4.69.